The monoisotopic (exact) mass is 384 g/mol. The highest BCUT2D eigenvalue weighted by Crippen LogP contribution is 2.16. The number of hydrogen-bond acceptors (Lipinski definition) is 4. The molecule has 0 aliphatic carbocycles. The Hall–Kier alpha value is -2.34. The maximum atomic E-state index is 12.8. The van der Waals surface area contributed by atoms with E-state index in [-0.39, 0.29) is 12.0 Å². The first-order valence-corrected chi connectivity index (χ1v) is 10.2. The van der Waals surface area contributed by atoms with Gasteiger partial charge in [0.2, 0.25) is 0 Å². The summed E-state index contributed by atoms with van der Waals surface area (Å²) in [4.78, 5) is 21.6. The molecule has 6 nitrogen and oxygen atoms in total. The topological polar surface area (TPSA) is 50.6 Å². The van der Waals surface area contributed by atoms with E-state index in [1.807, 2.05) is 49.2 Å². The number of piperazine rings is 1. The smallest absolute Gasteiger partial charge is 0.253 e. The molecule has 0 radical (unpaired) electrons. The second-order valence-corrected chi connectivity index (χ2v) is 7.96. The second-order valence-electron chi connectivity index (χ2n) is 7.96. The molecule has 28 heavy (non-hydrogen) atoms. The van der Waals surface area contributed by atoms with E-state index in [0.717, 1.165) is 56.4 Å². The van der Waals surface area contributed by atoms with Crippen LogP contribution in [0.2, 0.25) is 0 Å². The fraction of sp³-hybridized carbons (Fsp3) is 0.545. The van der Waals surface area contributed by atoms with Crippen LogP contribution >= 0.6 is 0 Å². The van der Waals surface area contributed by atoms with Crippen molar-refractivity contribution in [3.05, 3.63) is 48.0 Å². The third kappa shape index (κ3) is 5.13. The Balaban J connectivity index is 1.48. The average molecular weight is 385 g/mol. The molecular formula is C22H32N4O2. The standard InChI is InChI=1S/C22H32N4O2/c1-17(2)21-23-9-10-25(21)14-11-24-12-15-26(16-13-24)22(27)19-5-7-20(8-6-19)28-18(3)4/h5-10,17-18H,11-16H2,1-4H3. The molecule has 1 aromatic heterocycles. The minimum atomic E-state index is 0.104. The molecule has 3 rings (SSSR count). The van der Waals surface area contributed by atoms with Crippen LogP contribution in [0, 0.1) is 0 Å². The van der Waals surface area contributed by atoms with E-state index in [9.17, 15) is 4.79 Å². The first-order valence-electron chi connectivity index (χ1n) is 10.2. The number of benzene rings is 1. The van der Waals surface area contributed by atoms with Crippen LogP contribution in [0.4, 0.5) is 0 Å². The Labute approximate surface area is 168 Å². The molecule has 1 aliphatic heterocycles. The van der Waals surface area contributed by atoms with Gasteiger partial charge >= 0.3 is 0 Å². The third-order valence-electron chi connectivity index (χ3n) is 5.05. The van der Waals surface area contributed by atoms with Crippen LogP contribution in [-0.2, 0) is 6.54 Å². The summed E-state index contributed by atoms with van der Waals surface area (Å²) in [6, 6.07) is 7.47. The summed E-state index contributed by atoms with van der Waals surface area (Å²) in [6.07, 6.45) is 4.07. The summed E-state index contributed by atoms with van der Waals surface area (Å²) >= 11 is 0. The Bertz CT molecular complexity index is 759. The highest BCUT2D eigenvalue weighted by molar-refractivity contribution is 5.94. The van der Waals surface area contributed by atoms with Crippen molar-refractivity contribution in [2.24, 2.45) is 0 Å². The highest BCUT2D eigenvalue weighted by Gasteiger charge is 2.22. The molecule has 0 unspecified atom stereocenters. The van der Waals surface area contributed by atoms with Crippen molar-refractivity contribution in [2.45, 2.75) is 46.3 Å². The van der Waals surface area contributed by atoms with Crippen LogP contribution in [0.15, 0.2) is 36.7 Å². The molecule has 0 atom stereocenters. The van der Waals surface area contributed by atoms with Gasteiger partial charge in [0.25, 0.3) is 5.91 Å². The van der Waals surface area contributed by atoms with Gasteiger partial charge in [0.15, 0.2) is 0 Å². The summed E-state index contributed by atoms with van der Waals surface area (Å²) in [7, 11) is 0. The minimum Gasteiger partial charge on any atom is -0.491 e. The van der Waals surface area contributed by atoms with Gasteiger partial charge in [-0.1, -0.05) is 13.8 Å². The number of aromatic nitrogens is 2. The number of hydrogen-bond donors (Lipinski definition) is 0. The fourth-order valence-electron chi connectivity index (χ4n) is 3.57. The maximum Gasteiger partial charge on any atom is 0.253 e. The minimum absolute atomic E-state index is 0.104. The first-order chi connectivity index (χ1) is 13.4. The summed E-state index contributed by atoms with van der Waals surface area (Å²) < 4.78 is 7.89. The summed E-state index contributed by atoms with van der Waals surface area (Å²) in [5.74, 6) is 2.48. The number of ether oxygens (including phenoxy) is 1. The average Bonchev–Trinajstić information content (AvgIpc) is 3.15. The second kappa shape index (κ2) is 9.24. The lowest BCUT2D eigenvalue weighted by atomic mass is 10.1. The lowest BCUT2D eigenvalue weighted by molar-refractivity contribution is 0.0633. The van der Waals surface area contributed by atoms with Crippen molar-refractivity contribution in [1.29, 1.82) is 0 Å². The molecule has 1 amide bonds. The zero-order valence-corrected chi connectivity index (χ0v) is 17.5. The van der Waals surface area contributed by atoms with Gasteiger partial charge in [0.1, 0.15) is 11.6 Å². The molecule has 0 spiro atoms. The molecular weight excluding hydrogens is 352 g/mol. The number of amides is 1. The zero-order valence-electron chi connectivity index (χ0n) is 17.5. The normalized spacial score (nSPS) is 15.4. The van der Waals surface area contributed by atoms with Gasteiger partial charge in [-0.25, -0.2) is 4.98 Å². The van der Waals surface area contributed by atoms with Crippen LogP contribution in [0.1, 0.15) is 49.8 Å². The summed E-state index contributed by atoms with van der Waals surface area (Å²) in [5, 5.41) is 0. The molecule has 2 aromatic rings. The Morgan fingerprint density at radius 3 is 2.32 bits per heavy atom. The molecule has 0 bridgehead atoms. The van der Waals surface area contributed by atoms with Crippen LogP contribution < -0.4 is 4.74 Å². The van der Waals surface area contributed by atoms with Crippen LogP contribution in [0.3, 0.4) is 0 Å². The van der Waals surface area contributed by atoms with E-state index in [0.29, 0.717) is 5.92 Å². The van der Waals surface area contributed by atoms with Crippen molar-refractivity contribution >= 4 is 5.91 Å². The summed E-state index contributed by atoms with van der Waals surface area (Å²) in [6.45, 7) is 13.6. The van der Waals surface area contributed by atoms with E-state index >= 15 is 0 Å². The molecule has 1 aromatic carbocycles. The van der Waals surface area contributed by atoms with Gasteiger partial charge in [-0.15, -0.1) is 0 Å². The number of carbonyl (C=O) groups excluding carboxylic acids is 1. The number of imidazole rings is 1. The quantitative estimate of drug-likeness (QED) is 0.735. The van der Waals surface area contributed by atoms with Crippen LogP contribution in [0.25, 0.3) is 0 Å². The maximum absolute atomic E-state index is 12.8. The zero-order chi connectivity index (χ0) is 20.1. The van der Waals surface area contributed by atoms with E-state index < -0.39 is 0 Å². The van der Waals surface area contributed by atoms with Crippen LogP contribution in [-0.4, -0.2) is 64.1 Å². The van der Waals surface area contributed by atoms with Crippen molar-refractivity contribution in [3.8, 4) is 5.75 Å². The molecule has 152 valence electrons. The molecule has 1 fully saturated rings. The fourth-order valence-corrected chi connectivity index (χ4v) is 3.57. The Kier molecular flexibility index (Phi) is 6.73. The lowest BCUT2D eigenvalue weighted by Crippen LogP contribution is -2.49. The molecule has 6 heteroatoms. The number of rotatable bonds is 7. The SMILES string of the molecule is CC(C)Oc1ccc(C(=O)N2CCN(CCn3ccnc3C(C)C)CC2)cc1. The van der Waals surface area contributed by atoms with Crippen molar-refractivity contribution in [1.82, 2.24) is 19.4 Å². The first kappa shape index (κ1) is 20.4. The van der Waals surface area contributed by atoms with E-state index in [1.165, 1.54) is 0 Å². The number of nitrogens with zero attached hydrogens (tertiary/aromatic N) is 4. The predicted molar refractivity (Wildman–Crippen MR) is 111 cm³/mol. The van der Waals surface area contributed by atoms with Gasteiger partial charge in [-0.2, -0.15) is 0 Å². The predicted octanol–water partition coefficient (Wildman–Crippen LogP) is 3.25. The Morgan fingerprint density at radius 2 is 1.71 bits per heavy atom. The summed E-state index contributed by atoms with van der Waals surface area (Å²) in [5.41, 5.74) is 0.726. The molecule has 0 saturated carbocycles. The van der Waals surface area contributed by atoms with Crippen molar-refractivity contribution in [2.75, 3.05) is 32.7 Å². The molecule has 0 N–H and O–H groups in total. The largest absolute Gasteiger partial charge is 0.491 e. The Morgan fingerprint density at radius 1 is 1.04 bits per heavy atom. The third-order valence-corrected chi connectivity index (χ3v) is 5.05. The van der Waals surface area contributed by atoms with Gasteiger partial charge in [0.05, 0.1) is 6.10 Å². The highest BCUT2D eigenvalue weighted by atomic mass is 16.5. The molecule has 2 heterocycles. The van der Waals surface area contributed by atoms with Crippen molar-refractivity contribution in [3.63, 3.8) is 0 Å². The van der Waals surface area contributed by atoms with Gasteiger partial charge < -0.3 is 14.2 Å². The lowest BCUT2D eigenvalue weighted by Gasteiger charge is -2.35. The van der Waals surface area contributed by atoms with Crippen molar-refractivity contribution < 1.29 is 9.53 Å². The van der Waals surface area contributed by atoms with Gasteiger partial charge in [-0.3, -0.25) is 9.69 Å². The molecule has 1 saturated heterocycles. The molecule has 1 aliphatic rings. The number of carbonyl (C=O) groups is 1. The van der Waals surface area contributed by atoms with Gasteiger partial charge in [-0.05, 0) is 38.1 Å². The van der Waals surface area contributed by atoms with E-state index in [1.54, 1.807) is 0 Å². The van der Waals surface area contributed by atoms with Gasteiger partial charge in [0, 0.05) is 63.1 Å². The van der Waals surface area contributed by atoms with Crippen LogP contribution in [0.5, 0.6) is 5.75 Å². The van der Waals surface area contributed by atoms with E-state index in [4.69, 9.17) is 4.74 Å². The van der Waals surface area contributed by atoms with E-state index in [2.05, 4.69) is 34.5 Å².